The van der Waals surface area contributed by atoms with E-state index in [9.17, 15) is 4.79 Å². The van der Waals surface area contributed by atoms with Crippen LogP contribution in [0, 0.1) is 0 Å². The molecule has 1 atom stereocenters. The fraction of sp³-hybridized carbons (Fsp3) is 0.105. The molecule has 1 heterocycles. The summed E-state index contributed by atoms with van der Waals surface area (Å²) >= 11 is 0. The van der Waals surface area contributed by atoms with Gasteiger partial charge in [0.2, 0.25) is 0 Å². The molecule has 0 saturated heterocycles. The number of nitrogens with one attached hydrogen (secondary N) is 1. The van der Waals surface area contributed by atoms with Gasteiger partial charge in [-0.3, -0.25) is 0 Å². The third-order valence-electron chi connectivity index (χ3n) is 3.72. The topological polar surface area (TPSA) is 32.3 Å². The van der Waals surface area contributed by atoms with Crippen molar-refractivity contribution in [1.29, 1.82) is 0 Å². The van der Waals surface area contributed by atoms with Gasteiger partial charge in [0.1, 0.15) is 0 Å². The number of nitrogens with zero attached hydrogens (tertiary/aromatic N) is 1. The highest BCUT2D eigenvalue weighted by Gasteiger charge is 2.24. The van der Waals surface area contributed by atoms with Gasteiger partial charge in [-0.2, -0.15) is 0 Å². The summed E-state index contributed by atoms with van der Waals surface area (Å²) in [4.78, 5) is 13.8. The molecule has 0 spiro atoms. The minimum atomic E-state index is -0.0935. The molecule has 0 bridgehead atoms. The van der Waals surface area contributed by atoms with E-state index in [1.54, 1.807) is 11.9 Å². The van der Waals surface area contributed by atoms with E-state index in [1.807, 2.05) is 72.8 Å². The van der Waals surface area contributed by atoms with E-state index >= 15 is 0 Å². The highest BCUT2D eigenvalue weighted by atomic mass is 16.2. The number of amides is 2. The lowest BCUT2D eigenvalue weighted by molar-refractivity contribution is 0.198. The van der Waals surface area contributed by atoms with Crippen LogP contribution in [0.25, 0.3) is 6.08 Å². The highest BCUT2D eigenvalue weighted by Crippen LogP contribution is 2.25. The van der Waals surface area contributed by atoms with E-state index in [2.05, 4.69) is 11.4 Å². The number of likely N-dealkylation sites (N-methyl/N-ethyl adjacent to an activating group) is 1. The van der Waals surface area contributed by atoms with E-state index < -0.39 is 0 Å². The number of urea groups is 1. The Labute approximate surface area is 130 Å². The Morgan fingerprint density at radius 3 is 2.27 bits per heavy atom. The molecule has 0 saturated carbocycles. The predicted octanol–water partition coefficient (Wildman–Crippen LogP) is 3.98. The van der Waals surface area contributed by atoms with Crippen LogP contribution in [0.3, 0.4) is 0 Å². The zero-order valence-electron chi connectivity index (χ0n) is 12.4. The Bertz CT molecular complexity index is 705. The summed E-state index contributed by atoms with van der Waals surface area (Å²) in [6, 6.07) is 19.9. The lowest BCUT2D eigenvalue weighted by atomic mass is 10.0. The fourth-order valence-electron chi connectivity index (χ4n) is 2.48. The number of benzene rings is 2. The molecule has 0 aromatic heterocycles. The van der Waals surface area contributed by atoms with E-state index in [-0.39, 0.29) is 12.1 Å². The van der Waals surface area contributed by atoms with Crippen molar-refractivity contribution in [3.8, 4) is 0 Å². The van der Waals surface area contributed by atoms with Crippen LogP contribution in [0.5, 0.6) is 0 Å². The number of carbonyl (C=O) groups is 1. The molecule has 0 aliphatic carbocycles. The average Bonchev–Trinajstić information content (AvgIpc) is 2.57. The van der Waals surface area contributed by atoms with Crippen LogP contribution in [0.4, 0.5) is 4.79 Å². The van der Waals surface area contributed by atoms with Gasteiger partial charge in [-0.1, -0.05) is 66.7 Å². The SMILES string of the molecule is CN1C(=O)NC(C=Cc2ccccc2)=CC1c1ccccc1. The first-order valence-electron chi connectivity index (χ1n) is 7.28. The summed E-state index contributed by atoms with van der Waals surface area (Å²) in [5, 5.41) is 2.90. The fourth-order valence-corrected chi connectivity index (χ4v) is 2.48. The molecule has 3 nitrogen and oxygen atoms in total. The van der Waals surface area contributed by atoms with Gasteiger partial charge >= 0.3 is 6.03 Å². The first-order chi connectivity index (χ1) is 10.7. The van der Waals surface area contributed by atoms with E-state index in [0.29, 0.717) is 0 Å². The highest BCUT2D eigenvalue weighted by molar-refractivity contribution is 5.79. The first-order valence-corrected chi connectivity index (χ1v) is 7.28. The van der Waals surface area contributed by atoms with Gasteiger partial charge in [-0.25, -0.2) is 4.79 Å². The number of hydrogen-bond donors (Lipinski definition) is 1. The molecule has 3 rings (SSSR count). The second kappa shape index (κ2) is 6.31. The molecule has 3 heteroatoms. The lowest BCUT2D eigenvalue weighted by Gasteiger charge is -2.31. The predicted molar refractivity (Wildman–Crippen MR) is 89.0 cm³/mol. The van der Waals surface area contributed by atoms with Gasteiger partial charge < -0.3 is 10.2 Å². The second-order valence-corrected chi connectivity index (χ2v) is 5.26. The van der Waals surface area contributed by atoms with E-state index in [1.165, 1.54) is 0 Å². The molecular formula is C19H18N2O. The van der Waals surface area contributed by atoms with Crippen LogP contribution in [0.2, 0.25) is 0 Å². The molecule has 1 aliphatic rings. The van der Waals surface area contributed by atoms with Crippen molar-refractivity contribution in [3.63, 3.8) is 0 Å². The zero-order valence-corrected chi connectivity index (χ0v) is 12.4. The van der Waals surface area contributed by atoms with Gasteiger partial charge in [-0.15, -0.1) is 0 Å². The first kappa shape index (κ1) is 14.1. The maximum absolute atomic E-state index is 12.1. The van der Waals surface area contributed by atoms with Crippen molar-refractivity contribution in [2.24, 2.45) is 0 Å². The van der Waals surface area contributed by atoms with Crippen LogP contribution in [-0.4, -0.2) is 18.0 Å². The second-order valence-electron chi connectivity index (χ2n) is 5.26. The number of carbonyl (C=O) groups excluding carboxylic acids is 1. The Morgan fingerprint density at radius 2 is 1.59 bits per heavy atom. The van der Waals surface area contributed by atoms with Gasteiger partial charge in [0.15, 0.2) is 0 Å². The minimum Gasteiger partial charge on any atom is -0.317 e. The molecule has 22 heavy (non-hydrogen) atoms. The number of hydrogen-bond acceptors (Lipinski definition) is 1. The van der Waals surface area contributed by atoms with Crippen molar-refractivity contribution >= 4 is 12.1 Å². The van der Waals surface area contributed by atoms with Gasteiger partial charge in [0, 0.05) is 12.7 Å². The molecule has 1 unspecified atom stereocenters. The molecule has 2 amide bonds. The summed E-state index contributed by atoms with van der Waals surface area (Å²) in [5.74, 6) is 0. The molecule has 0 radical (unpaired) electrons. The normalized spacial score (nSPS) is 18.2. The molecule has 0 fully saturated rings. The van der Waals surface area contributed by atoms with Crippen LogP contribution >= 0.6 is 0 Å². The molecule has 1 N–H and O–H groups in total. The summed E-state index contributed by atoms with van der Waals surface area (Å²) in [7, 11) is 1.81. The minimum absolute atomic E-state index is 0.0506. The van der Waals surface area contributed by atoms with Crippen LogP contribution in [-0.2, 0) is 0 Å². The number of allylic oxidation sites excluding steroid dienone is 1. The molecular weight excluding hydrogens is 272 g/mol. The largest absolute Gasteiger partial charge is 0.322 e. The third kappa shape index (κ3) is 3.09. The quantitative estimate of drug-likeness (QED) is 0.911. The average molecular weight is 290 g/mol. The van der Waals surface area contributed by atoms with Crippen LogP contribution < -0.4 is 5.32 Å². The van der Waals surface area contributed by atoms with E-state index in [4.69, 9.17) is 0 Å². The van der Waals surface area contributed by atoms with Crippen molar-refractivity contribution in [2.45, 2.75) is 6.04 Å². The van der Waals surface area contributed by atoms with Crippen LogP contribution in [0.1, 0.15) is 17.2 Å². The smallest absolute Gasteiger partial charge is 0.317 e. The molecule has 2 aromatic carbocycles. The summed E-state index contributed by atoms with van der Waals surface area (Å²) in [6.45, 7) is 0. The monoisotopic (exact) mass is 290 g/mol. The lowest BCUT2D eigenvalue weighted by Crippen LogP contribution is -2.42. The Morgan fingerprint density at radius 1 is 0.955 bits per heavy atom. The summed E-state index contributed by atoms with van der Waals surface area (Å²) in [6.07, 6.45) is 6.01. The zero-order chi connectivity index (χ0) is 15.4. The van der Waals surface area contributed by atoms with E-state index in [0.717, 1.165) is 16.8 Å². The summed E-state index contributed by atoms with van der Waals surface area (Å²) in [5.41, 5.74) is 3.03. The molecule has 1 aliphatic heterocycles. The van der Waals surface area contributed by atoms with Crippen molar-refractivity contribution in [3.05, 3.63) is 89.6 Å². The maximum Gasteiger partial charge on any atom is 0.322 e. The summed E-state index contributed by atoms with van der Waals surface area (Å²) < 4.78 is 0. The standard InChI is InChI=1S/C19H18N2O/c1-21-18(16-10-6-3-7-11-16)14-17(20-19(21)22)13-12-15-8-4-2-5-9-15/h2-14,18H,1H3,(H,20,22). The Kier molecular flexibility index (Phi) is 4.05. The van der Waals surface area contributed by atoms with Crippen LogP contribution in [0.15, 0.2) is 78.5 Å². The van der Waals surface area contributed by atoms with Crippen molar-refractivity contribution < 1.29 is 4.79 Å². The van der Waals surface area contributed by atoms with Crippen molar-refractivity contribution in [1.82, 2.24) is 10.2 Å². The van der Waals surface area contributed by atoms with Gasteiger partial charge in [0.25, 0.3) is 0 Å². The molecule has 2 aromatic rings. The Hall–Kier alpha value is -2.81. The van der Waals surface area contributed by atoms with Gasteiger partial charge in [-0.05, 0) is 23.3 Å². The maximum atomic E-state index is 12.1. The number of rotatable bonds is 3. The third-order valence-corrected chi connectivity index (χ3v) is 3.72. The van der Waals surface area contributed by atoms with Gasteiger partial charge in [0.05, 0.1) is 6.04 Å². The molecule has 110 valence electrons. The Balaban J connectivity index is 1.88. The van der Waals surface area contributed by atoms with Crippen molar-refractivity contribution in [2.75, 3.05) is 7.05 Å².